The van der Waals surface area contributed by atoms with E-state index in [0.717, 1.165) is 0 Å². The molecule has 128 valence electrons. The van der Waals surface area contributed by atoms with Gasteiger partial charge in [-0.2, -0.15) is 13.2 Å². The molecule has 4 nitrogen and oxygen atoms in total. The molecule has 1 heterocycles. The molecule has 5 atom stereocenters. The van der Waals surface area contributed by atoms with Gasteiger partial charge in [0.1, 0.15) is 0 Å². The zero-order valence-electron chi connectivity index (χ0n) is 12.9. The largest absolute Gasteiger partial charge is 0.391 e. The number of rotatable bonds is 1. The van der Waals surface area contributed by atoms with Crippen LogP contribution >= 0.6 is 0 Å². The smallest absolute Gasteiger partial charge is 0.335 e. The van der Waals surface area contributed by atoms with Crippen LogP contribution in [-0.4, -0.2) is 50.9 Å². The number of urea groups is 1. The zero-order chi connectivity index (χ0) is 16.5. The van der Waals surface area contributed by atoms with Gasteiger partial charge in [0.2, 0.25) is 0 Å². The number of nitrogens with zero attached hydrogens (tertiary/aromatic N) is 1. The molecule has 0 bridgehead atoms. The lowest BCUT2D eigenvalue weighted by Gasteiger charge is -2.39. The number of alkyl halides is 3. The Morgan fingerprint density at radius 2 is 1.95 bits per heavy atom. The van der Waals surface area contributed by atoms with Gasteiger partial charge in [-0.3, -0.25) is 4.21 Å². The van der Waals surface area contributed by atoms with Crippen molar-refractivity contribution < 1.29 is 22.2 Å². The first kappa shape index (κ1) is 17.6. The molecule has 2 rings (SSSR count). The van der Waals surface area contributed by atoms with E-state index >= 15 is 0 Å². The maximum Gasteiger partial charge on any atom is 0.391 e. The molecule has 0 radical (unpaired) electrons. The van der Waals surface area contributed by atoms with Crippen LogP contribution in [0, 0.1) is 5.92 Å². The number of nitrogens with one attached hydrogen (secondary N) is 1. The summed E-state index contributed by atoms with van der Waals surface area (Å²) in [6.45, 7) is 4.06. The summed E-state index contributed by atoms with van der Waals surface area (Å²) in [4.78, 5) is 13.9. The van der Waals surface area contributed by atoms with Gasteiger partial charge in [-0.05, 0) is 33.1 Å². The predicted octanol–water partition coefficient (Wildman–Crippen LogP) is 2.66. The number of halogens is 3. The molecule has 0 unspecified atom stereocenters. The molecule has 1 saturated carbocycles. The van der Waals surface area contributed by atoms with Gasteiger partial charge in [0, 0.05) is 35.2 Å². The highest BCUT2D eigenvalue weighted by Crippen LogP contribution is 2.37. The van der Waals surface area contributed by atoms with Crippen molar-refractivity contribution in [3.05, 3.63) is 0 Å². The van der Waals surface area contributed by atoms with Crippen LogP contribution in [0.1, 0.15) is 39.5 Å². The monoisotopic (exact) mass is 340 g/mol. The van der Waals surface area contributed by atoms with E-state index in [1.165, 1.54) is 0 Å². The van der Waals surface area contributed by atoms with Gasteiger partial charge in [-0.25, -0.2) is 4.79 Å². The van der Waals surface area contributed by atoms with Crippen LogP contribution in [0.3, 0.4) is 0 Å². The Bertz CT molecular complexity index is 444. The van der Waals surface area contributed by atoms with Crippen molar-refractivity contribution in [3.63, 3.8) is 0 Å². The molecule has 2 amide bonds. The third kappa shape index (κ3) is 3.94. The Morgan fingerprint density at radius 1 is 1.27 bits per heavy atom. The summed E-state index contributed by atoms with van der Waals surface area (Å²) in [5, 5.41) is 2.63. The molecule has 0 spiro atoms. The Morgan fingerprint density at radius 3 is 2.59 bits per heavy atom. The molecule has 0 aromatic carbocycles. The van der Waals surface area contributed by atoms with Crippen molar-refractivity contribution in [1.29, 1.82) is 0 Å². The van der Waals surface area contributed by atoms with Crippen LogP contribution in [-0.2, 0) is 10.8 Å². The lowest BCUT2D eigenvalue weighted by molar-refractivity contribution is -0.183. The normalized spacial score (nSPS) is 37.0. The maximum absolute atomic E-state index is 12.8. The second kappa shape index (κ2) is 6.76. The molecule has 2 fully saturated rings. The second-order valence-corrected chi connectivity index (χ2v) is 8.19. The van der Waals surface area contributed by atoms with Gasteiger partial charge in [0.25, 0.3) is 0 Å². The molecule has 1 aliphatic carbocycles. The highest BCUT2D eigenvalue weighted by atomic mass is 32.2. The van der Waals surface area contributed by atoms with Gasteiger partial charge >= 0.3 is 12.2 Å². The molecule has 1 N–H and O–H groups in total. The highest BCUT2D eigenvalue weighted by Gasteiger charge is 2.43. The number of amides is 2. The topological polar surface area (TPSA) is 49.4 Å². The molecular formula is C14H23F3N2O2S. The molecule has 2 aliphatic rings. The Labute approximate surface area is 131 Å². The van der Waals surface area contributed by atoms with Crippen LogP contribution in [0.5, 0.6) is 0 Å². The summed E-state index contributed by atoms with van der Waals surface area (Å²) in [5.74, 6) is -0.897. The molecule has 8 heteroatoms. The standard InChI is InChI=1S/C14H23F3N2O2S/c1-9-10(2)22(21)7-6-19(9)13(20)18-12-5-3-4-11(8-12)14(15,16)17/h9-12H,3-8H2,1-2H3,(H,18,20)/t9-,10+,11+,12+,22+/m1/s1. The van der Waals surface area contributed by atoms with E-state index in [0.29, 0.717) is 25.1 Å². The van der Waals surface area contributed by atoms with Gasteiger partial charge < -0.3 is 10.2 Å². The fraction of sp³-hybridized carbons (Fsp3) is 0.929. The van der Waals surface area contributed by atoms with E-state index < -0.39 is 28.9 Å². The summed E-state index contributed by atoms with van der Waals surface area (Å²) < 4.78 is 50.2. The minimum atomic E-state index is -4.19. The van der Waals surface area contributed by atoms with Crippen LogP contribution in [0.25, 0.3) is 0 Å². The van der Waals surface area contributed by atoms with Gasteiger partial charge in [-0.1, -0.05) is 6.42 Å². The van der Waals surface area contributed by atoms with E-state index in [4.69, 9.17) is 0 Å². The van der Waals surface area contributed by atoms with Crippen molar-refractivity contribution in [1.82, 2.24) is 10.2 Å². The SMILES string of the molecule is C[C@@H]1[C@H](C)[S@@](=O)CCN1C(=O)N[C@H]1CCC[C@H](C(F)(F)F)C1. The van der Waals surface area contributed by atoms with Crippen LogP contribution in [0.2, 0.25) is 0 Å². The van der Waals surface area contributed by atoms with Crippen molar-refractivity contribution in [2.75, 3.05) is 12.3 Å². The summed E-state index contributed by atoms with van der Waals surface area (Å²) in [6, 6.07) is -0.928. The molecule has 22 heavy (non-hydrogen) atoms. The first-order valence-corrected chi connectivity index (χ1v) is 9.09. The molecule has 1 aliphatic heterocycles. The number of hydrogen-bond acceptors (Lipinski definition) is 2. The van der Waals surface area contributed by atoms with E-state index in [1.54, 1.807) is 4.90 Å². The lowest BCUT2D eigenvalue weighted by atomic mass is 9.85. The fourth-order valence-corrected chi connectivity index (χ4v) is 4.55. The van der Waals surface area contributed by atoms with Crippen molar-refractivity contribution in [2.24, 2.45) is 5.92 Å². The number of carbonyl (C=O) groups is 1. The summed E-state index contributed by atoms with van der Waals surface area (Å²) >= 11 is 0. The molecule has 0 aromatic heterocycles. The number of hydrogen-bond donors (Lipinski definition) is 1. The van der Waals surface area contributed by atoms with Gasteiger partial charge in [-0.15, -0.1) is 0 Å². The zero-order valence-corrected chi connectivity index (χ0v) is 13.7. The third-order valence-electron chi connectivity index (χ3n) is 4.84. The first-order chi connectivity index (χ1) is 10.2. The fourth-order valence-electron chi connectivity index (χ4n) is 3.21. The molecule has 1 saturated heterocycles. The average Bonchev–Trinajstić information content (AvgIpc) is 2.44. The number of carbonyl (C=O) groups excluding carboxylic acids is 1. The summed E-state index contributed by atoms with van der Waals surface area (Å²) in [6.07, 6.45) is -3.02. The van der Waals surface area contributed by atoms with E-state index in [1.807, 2.05) is 13.8 Å². The van der Waals surface area contributed by atoms with Gasteiger partial charge in [0.15, 0.2) is 0 Å². The predicted molar refractivity (Wildman–Crippen MR) is 79.0 cm³/mol. The van der Waals surface area contributed by atoms with Crippen molar-refractivity contribution in [2.45, 2.75) is 63.0 Å². The summed E-state index contributed by atoms with van der Waals surface area (Å²) in [5.41, 5.74) is 0. The molecular weight excluding hydrogens is 317 g/mol. The Hall–Kier alpha value is -0.790. The second-order valence-electron chi connectivity index (χ2n) is 6.28. The molecule has 0 aromatic rings. The highest BCUT2D eigenvalue weighted by molar-refractivity contribution is 7.85. The third-order valence-corrected chi connectivity index (χ3v) is 6.65. The lowest BCUT2D eigenvalue weighted by Crippen LogP contribution is -2.57. The van der Waals surface area contributed by atoms with E-state index in [-0.39, 0.29) is 30.2 Å². The average molecular weight is 340 g/mol. The minimum Gasteiger partial charge on any atom is -0.335 e. The van der Waals surface area contributed by atoms with Gasteiger partial charge in [0.05, 0.1) is 11.2 Å². The Balaban J connectivity index is 1.93. The van der Waals surface area contributed by atoms with Crippen LogP contribution < -0.4 is 5.32 Å². The van der Waals surface area contributed by atoms with Crippen LogP contribution in [0.4, 0.5) is 18.0 Å². The van der Waals surface area contributed by atoms with E-state index in [2.05, 4.69) is 5.32 Å². The van der Waals surface area contributed by atoms with Crippen molar-refractivity contribution in [3.8, 4) is 0 Å². The van der Waals surface area contributed by atoms with Crippen LogP contribution in [0.15, 0.2) is 0 Å². The summed E-state index contributed by atoms with van der Waals surface area (Å²) in [7, 11) is -0.947. The Kier molecular flexibility index (Phi) is 5.40. The van der Waals surface area contributed by atoms with E-state index in [9.17, 15) is 22.2 Å². The quantitative estimate of drug-likeness (QED) is 0.798. The maximum atomic E-state index is 12.8. The van der Waals surface area contributed by atoms with Crippen molar-refractivity contribution >= 4 is 16.8 Å². The first-order valence-electron chi connectivity index (χ1n) is 7.71. The minimum absolute atomic E-state index is 0.0427.